The van der Waals surface area contributed by atoms with Gasteiger partial charge in [0.05, 0.1) is 0 Å². The Morgan fingerprint density at radius 1 is 1.12 bits per heavy atom. The van der Waals surface area contributed by atoms with E-state index < -0.39 is 0 Å². The summed E-state index contributed by atoms with van der Waals surface area (Å²) in [5.41, 5.74) is 3.52. The minimum atomic E-state index is -0.379. The number of fused-ring (bicyclic) bond motifs is 1. The van der Waals surface area contributed by atoms with Crippen molar-refractivity contribution in [1.82, 2.24) is 5.32 Å². The van der Waals surface area contributed by atoms with Gasteiger partial charge in [0.2, 0.25) is 5.91 Å². The molecule has 0 bridgehead atoms. The van der Waals surface area contributed by atoms with Crippen LogP contribution in [0.15, 0.2) is 48.5 Å². The number of nitrogens with zero attached hydrogens (tertiary/aromatic N) is 1. The van der Waals surface area contributed by atoms with Crippen molar-refractivity contribution in [2.45, 2.75) is 19.4 Å². The number of carbonyl (C=O) groups excluding carboxylic acids is 2. The molecule has 5 heteroatoms. The van der Waals surface area contributed by atoms with Gasteiger partial charge in [-0.15, -0.1) is 0 Å². The zero-order valence-electron chi connectivity index (χ0n) is 13.9. The maximum absolute atomic E-state index is 12.8. The summed E-state index contributed by atoms with van der Waals surface area (Å²) in [6.07, 6.45) is 0.890. The first kappa shape index (κ1) is 16.1. The van der Waals surface area contributed by atoms with Gasteiger partial charge in [0.1, 0.15) is 6.04 Å². The van der Waals surface area contributed by atoms with Gasteiger partial charge < -0.3 is 15.5 Å². The molecule has 2 aromatic carbocycles. The number of carbonyl (C=O) groups is 2. The zero-order valence-corrected chi connectivity index (χ0v) is 13.9. The fourth-order valence-corrected chi connectivity index (χ4v) is 3.01. The van der Waals surface area contributed by atoms with Crippen LogP contribution in [0.4, 0.5) is 11.4 Å². The lowest BCUT2D eigenvalue weighted by Crippen LogP contribution is -2.40. The summed E-state index contributed by atoms with van der Waals surface area (Å²) in [6, 6.07) is 14.8. The van der Waals surface area contributed by atoms with Crippen molar-refractivity contribution >= 4 is 23.2 Å². The molecular formula is C19H21N3O2. The molecule has 1 unspecified atom stereocenters. The van der Waals surface area contributed by atoms with Crippen molar-refractivity contribution in [3.05, 3.63) is 59.7 Å². The van der Waals surface area contributed by atoms with Crippen LogP contribution >= 0.6 is 0 Å². The van der Waals surface area contributed by atoms with Gasteiger partial charge >= 0.3 is 0 Å². The first-order valence-electron chi connectivity index (χ1n) is 8.08. The molecule has 0 saturated carbocycles. The predicted molar refractivity (Wildman–Crippen MR) is 95.4 cm³/mol. The molecule has 0 aromatic heterocycles. The van der Waals surface area contributed by atoms with Crippen molar-refractivity contribution in [2.24, 2.45) is 0 Å². The largest absolute Gasteiger partial charge is 0.374 e. The molecule has 2 aromatic rings. The molecule has 1 heterocycles. The maximum atomic E-state index is 12.8. The standard InChI is InChI=1S/C19H21N3O2/c1-13(21-16-8-5-7-15(12-16)18(23)20-2)19(24)22-11-10-14-6-3-4-9-17(14)22/h3-9,12-13,21H,10-11H2,1-2H3,(H,20,23). The second kappa shape index (κ2) is 6.74. The van der Waals surface area contributed by atoms with E-state index in [1.165, 1.54) is 5.56 Å². The van der Waals surface area contributed by atoms with E-state index in [4.69, 9.17) is 0 Å². The van der Waals surface area contributed by atoms with Gasteiger partial charge in [-0.1, -0.05) is 24.3 Å². The number of anilines is 2. The number of amides is 2. The molecule has 2 N–H and O–H groups in total. The molecule has 1 aliphatic heterocycles. The minimum Gasteiger partial charge on any atom is -0.374 e. The monoisotopic (exact) mass is 323 g/mol. The quantitative estimate of drug-likeness (QED) is 0.908. The van der Waals surface area contributed by atoms with E-state index in [9.17, 15) is 9.59 Å². The van der Waals surface area contributed by atoms with Crippen LogP contribution in [0, 0.1) is 0 Å². The van der Waals surface area contributed by atoms with E-state index in [2.05, 4.69) is 16.7 Å². The predicted octanol–water partition coefficient (Wildman–Crippen LogP) is 2.44. The molecule has 2 amide bonds. The Labute approximate surface area is 141 Å². The lowest BCUT2D eigenvalue weighted by molar-refractivity contribution is -0.118. The van der Waals surface area contributed by atoms with Crippen LogP contribution in [0.5, 0.6) is 0 Å². The molecule has 24 heavy (non-hydrogen) atoms. The Bertz CT molecular complexity index is 773. The van der Waals surface area contributed by atoms with Gasteiger partial charge in [-0.2, -0.15) is 0 Å². The van der Waals surface area contributed by atoms with E-state index in [0.29, 0.717) is 12.1 Å². The fourth-order valence-electron chi connectivity index (χ4n) is 3.01. The van der Waals surface area contributed by atoms with Crippen LogP contribution in [0.2, 0.25) is 0 Å². The normalized spacial score (nSPS) is 14.0. The summed E-state index contributed by atoms with van der Waals surface area (Å²) >= 11 is 0. The van der Waals surface area contributed by atoms with E-state index in [-0.39, 0.29) is 17.9 Å². The first-order valence-corrected chi connectivity index (χ1v) is 8.08. The molecule has 3 rings (SSSR count). The molecule has 0 saturated heterocycles. The van der Waals surface area contributed by atoms with Crippen molar-refractivity contribution in [1.29, 1.82) is 0 Å². The van der Waals surface area contributed by atoms with Crippen LogP contribution in [-0.2, 0) is 11.2 Å². The number of rotatable bonds is 4. The topological polar surface area (TPSA) is 61.4 Å². The smallest absolute Gasteiger partial charge is 0.251 e. The first-order chi connectivity index (χ1) is 11.6. The van der Waals surface area contributed by atoms with Gasteiger partial charge in [0.25, 0.3) is 5.91 Å². The van der Waals surface area contributed by atoms with E-state index >= 15 is 0 Å². The highest BCUT2D eigenvalue weighted by Gasteiger charge is 2.27. The highest BCUT2D eigenvalue weighted by molar-refractivity contribution is 6.00. The lowest BCUT2D eigenvalue weighted by atomic mass is 10.1. The van der Waals surface area contributed by atoms with Crippen LogP contribution in [0.25, 0.3) is 0 Å². The summed E-state index contributed by atoms with van der Waals surface area (Å²) in [7, 11) is 1.60. The van der Waals surface area contributed by atoms with Crippen LogP contribution < -0.4 is 15.5 Å². The minimum absolute atomic E-state index is 0.0327. The van der Waals surface area contributed by atoms with E-state index in [0.717, 1.165) is 17.8 Å². The number of hydrogen-bond acceptors (Lipinski definition) is 3. The van der Waals surface area contributed by atoms with E-state index in [1.54, 1.807) is 25.2 Å². The Morgan fingerprint density at radius 2 is 1.92 bits per heavy atom. The molecule has 1 atom stereocenters. The van der Waals surface area contributed by atoms with Crippen molar-refractivity contribution < 1.29 is 9.59 Å². The zero-order chi connectivity index (χ0) is 17.1. The Hall–Kier alpha value is -2.82. The fraction of sp³-hybridized carbons (Fsp3) is 0.263. The van der Waals surface area contributed by atoms with Gasteiger partial charge in [0, 0.05) is 30.5 Å². The molecule has 1 aliphatic rings. The van der Waals surface area contributed by atoms with Gasteiger partial charge in [-0.25, -0.2) is 0 Å². The molecule has 0 radical (unpaired) electrons. The molecule has 0 fully saturated rings. The Balaban J connectivity index is 1.73. The Morgan fingerprint density at radius 3 is 2.71 bits per heavy atom. The molecule has 124 valence electrons. The summed E-state index contributed by atoms with van der Waals surface area (Å²) in [6.45, 7) is 2.55. The number of hydrogen-bond donors (Lipinski definition) is 2. The van der Waals surface area contributed by atoms with E-state index in [1.807, 2.05) is 36.1 Å². The molecule has 5 nitrogen and oxygen atoms in total. The van der Waals surface area contributed by atoms with Crippen LogP contribution in [0.1, 0.15) is 22.8 Å². The molecular weight excluding hydrogens is 302 g/mol. The maximum Gasteiger partial charge on any atom is 0.251 e. The van der Waals surface area contributed by atoms with Gasteiger partial charge in [-0.05, 0) is 43.2 Å². The number of nitrogens with one attached hydrogen (secondary N) is 2. The van der Waals surface area contributed by atoms with Crippen LogP contribution in [-0.4, -0.2) is 31.4 Å². The summed E-state index contributed by atoms with van der Waals surface area (Å²) in [4.78, 5) is 26.3. The van der Waals surface area contributed by atoms with Crippen molar-refractivity contribution in [3.63, 3.8) is 0 Å². The number of para-hydroxylation sites is 1. The molecule has 0 aliphatic carbocycles. The molecule has 0 spiro atoms. The second-order valence-electron chi connectivity index (χ2n) is 5.89. The Kier molecular flexibility index (Phi) is 4.51. The SMILES string of the molecule is CNC(=O)c1cccc(NC(C)C(=O)N2CCc3ccccc32)c1. The summed E-state index contributed by atoms with van der Waals surface area (Å²) in [5, 5.41) is 5.80. The van der Waals surface area contributed by atoms with Crippen molar-refractivity contribution in [2.75, 3.05) is 23.8 Å². The highest BCUT2D eigenvalue weighted by atomic mass is 16.2. The van der Waals surface area contributed by atoms with Gasteiger partial charge in [0.15, 0.2) is 0 Å². The third-order valence-electron chi connectivity index (χ3n) is 4.26. The summed E-state index contributed by atoms with van der Waals surface area (Å²) in [5.74, 6) is -0.114. The van der Waals surface area contributed by atoms with Crippen LogP contribution in [0.3, 0.4) is 0 Å². The lowest BCUT2D eigenvalue weighted by Gasteiger charge is -2.23. The highest BCUT2D eigenvalue weighted by Crippen LogP contribution is 2.28. The average Bonchev–Trinajstić information content (AvgIpc) is 3.04. The van der Waals surface area contributed by atoms with Crippen molar-refractivity contribution in [3.8, 4) is 0 Å². The third kappa shape index (κ3) is 3.11. The number of benzene rings is 2. The summed E-state index contributed by atoms with van der Waals surface area (Å²) < 4.78 is 0. The average molecular weight is 323 g/mol. The second-order valence-corrected chi connectivity index (χ2v) is 5.89. The third-order valence-corrected chi connectivity index (χ3v) is 4.26. The van der Waals surface area contributed by atoms with Gasteiger partial charge in [-0.3, -0.25) is 9.59 Å².